The molecule has 0 aromatic heterocycles. The van der Waals surface area contributed by atoms with Crippen molar-refractivity contribution in [2.75, 3.05) is 31.1 Å². The van der Waals surface area contributed by atoms with E-state index in [1.807, 2.05) is 0 Å². The molecule has 0 amide bonds. The van der Waals surface area contributed by atoms with Crippen LogP contribution in [-0.2, 0) is 11.5 Å². The van der Waals surface area contributed by atoms with Crippen molar-refractivity contribution >= 4 is 21.6 Å². The van der Waals surface area contributed by atoms with Crippen LogP contribution in [0.25, 0.3) is 0 Å². The molecule has 2 nitrogen and oxygen atoms in total. The molecular weight excluding hydrogens is 345 g/mol. The first-order chi connectivity index (χ1) is 9.99. The average molecular weight is 363 g/mol. The molecule has 3 rings (SSSR count). The fourth-order valence-electron chi connectivity index (χ4n) is 2.93. The predicted molar refractivity (Wildman–Crippen MR) is 80.9 cm³/mol. The van der Waals surface area contributed by atoms with Crippen molar-refractivity contribution < 1.29 is 13.2 Å². The normalized spacial score (nSPS) is 20.9. The van der Waals surface area contributed by atoms with Gasteiger partial charge in [-0.05, 0) is 30.5 Å². The molecule has 1 heterocycles. The van der Waals surface area contributed by atoms with E-state index < -0.39 is 11.7 Å². The van der Waals surface area contributed by atoms with Crippen LogP contribution in [-0.4, -0.2) is 37.1 Å². The van der Waals surface area contributed by atoms with E-state index in [2.05, 4.69) is 25.7 Å². The molecule has 0 bridgehead atoms. The maximum atomic E-state index is 13.1. The maximum absolute atomic E-state index is 13.1. The van der Waals surface area contributed by atoms with Crippen molar-refractivity contribution in [2.24, 2.45) is 0 Å². The minimum Gasteiger partial charge on any atom is -0.369 e. The van der Waals surface area contributed by atoms with E-state index in [0.717, 1.165) is 32.2 Å². The van der Waals surface area contributed by atoms with Gasteiger partial charge in [-0.2, -0.15) is 13.2 Å². The van der Waals surface area contributed by atoms with Gasteiger partial charge < -0.3 is 4.90 Å². The first-order valence-corrected chi connectivity index (χ1v) is 8.36. The number of hydrogen-bond donors (Lipinski definition) is 0. The molecule has 2 aliphatic rings. The topological polar surface area (TPSA) is 6.48 Å². The zero-order chi connectivity index (χ0) is 15.0. The van der Waals surface area contributed by atoms with Crippen molar-refractivity contribution in [1.82, 2.24) is 4.90 Å². The van der Waals surface area contributed by atoms with Gasteiger partial charge in [0.15, 0.2) is 0 Å². The molecule has 0 unspecified atom stereocenters. The summed E-state index contributed by atoms with van der Waals surface area (Å²) in [5, 5.41) is 0.220. The Balaban J connectivity index is 1.76. The number of nitrogens with zero attached hydrogens (tertiary/aromatic N) is 2. The van der Waals surface area contributed by atoms with Gasteiger partial charge in [0.2, 0.25) is 0 Å². The van der Waals surface area contributed by atoms with Crippen LogP contribution in [0.3, 0.4) is 0 Å². The summed E-state index contributed by atoms with van der Waals surface area (Å²) < 4.78 is 39.3. The van der Waals surface area contributed by atoms with E-state index in [1.54, 1.807) is 12.1 Å². The maximum Gasteiger partial charge on any atom is 0.416 e. The summed E-state index contributed by atoms with van der Waals surface area (Å²) in [5.74, 6) is 0. The van der Waals surface area contributed by atoms with Crippen LogP contribution in [0.4, 0.5) is 18.9 Å². The summed E-state index contributed by atoms with van der Waals surface area (Å²) in [6.45, 7) is 3.52. The molecule has 116 valence electrons. The van der Waals surface area contributed by atoms with Crippen LogP contribution in [0, 0.1) is 0 Å². The highest BCUT2D eigenvalue weighted by molar-refractivity contribution is 9.08. The molecule has 1 aromatic rings. The molecule has 1 aromatic carbocycles. The Morgan fingerprint density at radius 1 is 1.10 bits per heavy atom. The lowest BCUT2D eigenvalue weighted by Gasteiger charge is -2.36. The summed E-state index contributed by atoms with van der Waals surface area (Å²) in [5.41, 5.74) is 0.451. The SMILES string of the molecule is FC(F)(F)c1cc(N2CCN(C3CC3)CC2)ccc1CBr. The largest absolute Gasteiger partial charge is 0.416 e. The lowest BCUT2D eigenvalue weighted by atomic mass is 10.1. The van der Waals surface area contributed by atoms with E-state index >= 15 is 0 Å². The van der Waals surface area contributed by atoms with Crippen LogP contribution in [0.15, 0.2) is 18.2 Å². The Bertz CT molecular complexity index is 506. The molecule has 1 aliphatic heterocycles. The molecule has 2 fully saturated rings. The lowest BCUT2D eigenvalue weighted by molar-refractivity contribution is -0.138. The van der Waals surface area contributed by atoms with Crippen LogP contribution in [0.2, 0.25) is 0 Å². The number of halogens is 4. The minimum absolute atomic E-state index is 0.220. The van der Waals surface area contributed by atoms with E-state index in [0.29, 0.717) is 11.3 Å². The molecule has 1 aliphatic carbocycles. The molecule has 0 radical (unpaired) electrons. The Hall–Kier alpha value is -0.750. The van der Waals surface area contributed by atoms with Gasteiger partial charge in [0.1, 0.15) is 0 Å². The fourth-order valence-corrected chi connectivity index (χ4v) is 3.42. The molecule has 21 heavy (non-hydrogen) atoms. The zero-order valence-electron chi connectivity index (χ0n) is 11.7. The van der Waals surface area contributed by atoms with Crippen LogP contribution in [0.1, 0.15) is 24.0 Å². The van der Waals surface area contributed by atoms with Gasteiger partial charge in [-0.1, -0.05) is 22.0 Å². The highest BCUT2D eigenvalue weighted by Gasteiger charge is 2.35. The number of anilines is 1. The Morgan fingerprint density at radius 3 is 2.29 bits per heavy atom. The van der Waals surface area contributed by atoms with E-state index in [9.17, 15) is 13.2 Å². The fraction of sp³-hybridized carbons (Fsp3) is 0.600. The second-order valence-corrected chi connectivity index (χ2v) is 6.29. The first-order valence-electron chi connectivity index (χ1n) is 7.24. The third-order valence-electron chi connectivity index (χ3n) is 4.29. The smallest absolute Gasteiger partial charge is 0.369 e. The highest BCUT2D eigenvalue weighted by atomic mass is 79.9. The quantitative estimate of drug-likeness (QED) is 0.752. The monoisotopic (exact) mass is 362 g/mol. The summed E-state index contributed by atoms with van der Waals surface area (Å²) >= 11 is 3.13. The minimum atomic E-state index is -4.30. The van der Waals surface area contributed by atoms with Crippen molar-refractivity contribution in [3.63, 3.8) is 0 Å². The van der Waals surface area contributed by atoms with Crippen molar-refractivity contribution in [3.8, 4) is 0 Å². The third-order valence-corrected chi connectivity index (χ3v) is 4.89. The Labute approximate surface area is 131 Å². The van der Waals surface area contributed by atoms with Crippen LogP contribution >= 0.6 is 15.9 Å². The number of rotatable bonds is 3. The summed E-state index contributed by atoms with van der Waals surface area (Å²) in [6, 6.07) is 5.41. The molecule has 6 heteroatoms. The molecule has 1 saturated heterocycles. The zero-order valence-corrected chi connectivity index (χ0v) is 13.3. The second kappa shape index (κ2) is 5.80. The molecule has 1 saturated carbocycles. The number of benzene rings is 1. The van der Waals surface area contributed by atoms with Crippen LogP contribution in [0.5, 0.6) is 0 Å². The summed E-state index contributed by atoms with van der Waals surface area (Å²) in [6.07, 6.45) is -1.74. The van der Waals surface area contributed by atoms with Crippen molar-refractivity contribution in [1.29, 1.82) is 0 Å². The first kappa shape index (κ1) is 15.2. The number of alkyl halides is 4. The van der Waals surface area contributed by atoms with E-state index in [1.165, 1.54) is 18.9 Å². The van der Waals surface area contributed by atoms with E-state index in [4.69, 9.17) is 0 Å². The lowest BCUT2D eigenvalue weighted by Crippen LogP contribution is -2.47. The Morgan fingerprint density at radius 2 is 1.76 bits per heavy atom. The molecule has 0 atom stereocenters. The van der Waals surface area contributed by atoms with E-state index in [-0.39, 0.29) is 5.33 Å². The van der Waals surface area contributed by atoms with Crippen LogP contribution < -0.4 is 4.90 Å². The molecule has 0 spiro atoms. The number of piperazine rings is 1. The highest BCUT2D eigenvalue weighted by Crippen LogP contribution is 2.36. The van der Waals surface area contributed by atoms with Gasteiger partial charge in [0.05, 0.1) is 5.56 Å². The van der Waals surface area contributed by atoms with Crippen molar-refractivity contribution in [3.05, 3.63) is 29.3 Å². The second-order valence-electron chi connectivity index (χ2n) is 5.73. The predicted octanol–water partition coefficient (Wildman–Crippen LogP) is 3.88. The van der Waals surface area contributed by atoms with Gasteiger partial charge >= 0.3 is 6.18 Å². The standard InChI is InChI=1S/C15H18BrF3N2/c16-10-11-1-2-13(9-14(11)15(17,18)19)21-7-5-20(6-8-21)12-3-4-12/h1-2,9,12H,3-8,10H2. The Kier molecular flexibility index (Phi) is 4.19. The third kappa shape index (κ3) is 3.37. The van der Waals surface area contributed by atoms with Gasteiger partial charge in [-0.3, -0.25) is 4.90 Å². The van der Waals surface area contributed by atoms with Gasteiger partial charge in [0.25, 0.3) is 0 Å². The summed E-state index contributed by atoms with van der Waals surface area (Å²) in [4.78, 5) is 4.51. The van der Waals surface area contributed by atoms with Gasteiger partial charge in [0, 0.05) is 43.2 Å². The van der Waals surface area contributed by atoms with Gasteiger partial charge in [-0.25, -0.2) is 0 Å². The van der Waals surface area contributed by atoms with Gasteiger partial charge in [-0.15, -0.1) is 0 Å². The number of hydrogen-bond acceptors (Lipinski definition) is 2. The molecule has 0 N–H and O–H groups in total. The summed E-state index contributed by atoms with van der Waals surface area (Å²) in [7, 11) is 0. The molecular formula is C15H18BrF3N2. The average Bonchev–Trinajstić information content (AvgIpc) is 3.30. The van der Waals surface area contributed by atoms with Crippen molar-refractivity contribution in [2.45, 2.75) is 30.4 Å².